The predicted octanol–water partition coefficient (Wildman–Crippen LogP) is 4.70. The molecule has 0 radical (unpaired) electrons. The van der Waals surface area contributed by atoms with Gasteiger partial charge in [-0.25, -0.2) is 0 Å². The molecule has 2 rings (SSSR count). The van der Waals surface area contributed by atoms with E-state index >= 15 is 0 Å². The summed E-state index contributed by atoms with van der Waals surface area (Å²) < 4.78 is 10.9. The van der Waals surface area contributed by atoms with E-state index in [9.17, 15) is 4.79 Å². The van der Waals surface area contributed by atoms with E-state index in [-0.39, 0.29) is 5.91 Å². The number of methoxy groups -OCH3 is 1. The average molecular weight is 334 g/mol. The Morgan fingerprint density at radius 3 is 2.52 bits per heavy atom. The van der Waals surface area contributed by atoms with E-state index in [1.165, 1.54) is 7.11 Å². The minimum Gasteiger partial charge on any atom is -0.493 e. The van der Waals surface area contributed by atoms with E-state index in [1.54, 1.807) is 12.1 Å². The van der Waals surface area contributed by atoms with Crippen LogP contribution in [-0.4, -0.2) is 19.6 Å². The molecule has 0 aromatic heterocycles. The van der Waals surface area contributed by atoms with Crippen molar-refractivity contribution in [2.75, 3.05) is 19.0 Å². The van der Waals surface area contributed by atoms with Crippen LogP contribution in [0.15, 0.2) is 36.4 Å². The lowest BCUT2D eigenvalue weighted by Gasteiger charge is -2.14. The highest BCUT2D eigenvalue weighted by molar-refractivity contribution is 6.32. The zero-order chi connectivity index (χ0) is 16.8. The Labute approximate surface area is 141 Å². The SMILES string of the molecule is CCCOc1c(Cl)cc(C(=O)Nc2ccc(C)cc2)cc1OC. The molecule has 0 saturated heterocycles. The summed E-state index contributed by atoms with van der Waals surface area (Å²) in [6.07, 6.45) is 0.856. The Morgan fingerprint density at radius 1 is 1.22 bits per heavy atom. The summed E-state index contributed by atoms with van der Waals surface area (Å²) in [4.78, 5) is 12.4. The first kappa shape index (κ1) is 17.2. The molecular formula is C18H20ClNO3. The number of halogens is 1. The van der Waals surface area contributed by atoms with Gasteiger partial charge in [-0.3, -0.25) is 4.79 Å². The number of hydrogen-bond donors (Lipinski definition) is 1. The van der Waals surface area contributed by atoms with Gasteiger partial charge in [-0.05, 0) is 37.6 Å². The van der Waals surface area contributed by atoms with Crippen LogP contribution < -0.4 is 14.8 Å². The number of aryl methyl sites for hydroxylation is 1. The summed E-state index contributed by atoms with van der Waals surface area (Å²) in [6.45, 7) is 4.53. The van der Waals surface area contributed by atoms with Crippen molar-refractivity contribution in [1.82, 2.24) is 0 Å². The fourth-order valence-electron chi connectivity index (χ4n) is 2.04. The second-order valence-corrected chi connectivity index (χ2v) is 5.57. The lowest BCUT2D eigenvalue weighted by molar-refractivity contribution is 0.102. The molecule has 0 aliphatic carbocycles. The summed E-state index contributed by atoms with van der Waals surface area (Å²) >= 11 is 6.23. The molecule has 0 spiro atoms. The number of carbonyl (C=O) groups excluding carboxylic acids is 1. The number of anilines is 1. The lowest BCUT2D eigenvalue weighted by Crippen LogP contribution is -2.12. The highest BCUT2D eigenvalue weighted by atomic mass is 35.5. The van der Waals surface area contributed by atoms with Crippen molar-refractivity contribution in [3.8, 4) is 11.5 Å². The Hall–Kier alpha value is -2.20. The molecule has 2 aromatic carbocycles. The Morgan fingerprint density at radius 2 is 1.91 bits per heavy atom. The lowest BCUT2D eigenvalue weighted by atomic mass is 10.1. The number of carbonyl (C=O) groups is 1. The summed E-state index contributed by atoms with van der Waals surface area (Å²) in [7, 11) is 1.52. The topological polar surface area (TPSA) is 47.6 Å². The van der Waals surface area contributed by atoms with E-state index in [2.05, 4.69) is 5.32 Å². The van der Waals surface area contributed by atoms with Crippen molar-refractivity contribution in [3.63, 3.8) is 0 Å². The third kappa shape index (κ3) is 4.39. The summed E-state index contributed by atoms with van der Waals surface area (Å²) in [6, 6.07) is 10.8. The molecule has 0 heterocycles. The molecule has 1 N–H and O–H groups in total. The van der Waals surface area contributed by atoms with Crippen LogP contribution in [0.5, 0.6) is 11.5 Å². The van der Waals surface area contributed by atoms with Gasteiger partial charge in [-0.2, -0.15) is 0 Å². The standard InChI is InChI=1S/C18H20ClNO3/c1-4-9-23-17-15(19)10-13(11-16(17)22-3)18(21)20-14-7-5-12(2)6-8-14/h5-8,10-11H,4,9H2,1-3H3,(H,20,21). The Bertz CT molecular complexity index is 683. The van der Waals surface area contributed by atoms with E-state index in [4.69, 9.17) is 21.1 Å². The van der Waals surface area contributed by atoms with Crippen molar-refractivity contribution >= 4 is 23.2 Å². The molecule has 0 fully saturated rings. The van der Waals surface area contributed by atoms with Gasteiger partial charge in [0.15, 0.2) is 11.5 Å². The van der Waals surface area contributed by atoms with Gasteiger partial charge in [0, 0.05) is 11.3 Å². The van der Waals surface area contributed by atoms with Gasteiger partial charge < -0.3 is 14.8 Å². The Kier molecular flexibility index (Phi) is 5.88. The maximum atomic E-state index is 12.4. The molecule has 0 aliphatic rings. The summed E-state index contributed by atoms with van der Waals surface area (Å²) in [5.74, 6) is 0.652. The van der Waals surface area contributed by atoms with Crippen LogP contribution in [0.3, 0.4) is 0 Å². The third-order valence-corrected chi connectivity index (χ3v) is 3.53. The quantitative estimate of drug-likeness (QED) is 0.833. The summed E-state index contributed by atoms with van der Waals surface area (Å²) in [5.41, 5.74) is 2.27. The van der Waals surface area contributed by atoms with E-state index in [1.807, 2.05) is 38.1 Å². The normalized spacial score (nSPS) is 10.3. The molecule has 1 amide bonds. The van der Waals surface area contributed by atoms with Crippen molar-refractivity contribution in [1.29, 1.82) is 0 Å². The second-order valence-electron chi connectivity index (χ2n) is 5.16. The first-order chi connectivity index (χ1) is 11.0. The minimum atomic E-state index is -0.254. The van der Waals surface area contributed by atoms with Gasteiger partial charge >= 0.3 is 0 Å². The molecule has 2 aromatic rings. The maximum Gasteiger partial charge on any atom is 0.255 e. The van der Waals surface area contributed by atoms with Crippen molar-refractivity contribution in [2.45, 2.75) is 20.3 Å². The van der Waals surface area contributed by atoms with Gasteiger partial charge in [0.05, 0.1) is 18.7 Å². The zero-order valence-corrected chi connectivity index (χ0v) is 14.2. The zero-order valence-electron chi connectivity index (χ0n) is 13.5. The Balaban J connectivity index is 2.23. The van der Waals surface area contributed by atoms with Gasteiger partial charge in [-0.15, -0.1) is 0 Å². The first-order valence-corrected chi connectivity index (χ1v) is 7.81. The van der Waals surface area contributed by atoms with E-state index < -0.39 is 0 Å². The fourth-order valence-corrected chi connectivity index (χ4v) is 2.30. The molecule has 0 atom stereocenters. The smallest absolute Gasteiger partial charge is 0.255 e. The summed E-state index contributed by atoms with van der Waals surface area (Å²) in [5, 5.41) is 3.19. The second kappa shape index (κ2) is 7.88. The van der Waals surface area contributed by atoms with Gasteiger partial charge in [0.25, 0.3) is 5.91 Å². The number of rotatable bonds is 6. The van der Waals surface area contributed by atoms with E-state index in [0.717, 1.165) is 17.7 Å². The molecule has 0 aliphatic heterocycles. The van der Waals surface area contributed by atoms with Crippen molar-refractivity contribution in [2.24, 2.45) is 0 Å². The first-order valence-electron chi connectivity index (χ1n) is 7.43. The predicted molar refractivity (Wildman–Crippen MR) is 92.9 cm³/mol. The van der Waals surface area contributed by atoms with Gasteiger partial charge in [-0.1, -0.05) is 36.2 Å². The van der Waals surface area contributed by atoms with Crippen LogP contribution in [-0.2, 0) is 0 Å². The minimum absolute atomic E-state index is 0.254. The molecule has 122 valence electrons. The fraction of sp³-hybridized carbons (Fsp3) is 0.278. The largest absolute Gasteiger partial charge is 0.493 e. The van der Waals surface area contributed by atoms with Crippen LogP contribution in [0.25, 0.3) is 0 Å². The van der Waals surface area contributed by atoms with Gasteiger partial charge in [0.2, 0.25) is 0 Å². The molecule has 0 saturated carbocycles. The van der Waals surface area contributed by atoms with Crippen LogP contribution in [0, 0.1) is 6.92 Å². The van der Waals surface area contributed by atoms with E-state index in [0.29, 0.717) is 28.7 Å². The third-order valence-electron chi connectivity index (χ3n) is 3.25. The molecule has 23 heavy (non-hydrogen) atoms. The highest BCUT2D eigenvalue weighted by Crippen LogP contribution is 2.36. The number of amides is 1. The van der Waals surface area contributed by atoms with Gasteiger partial charge in [0.1, 0.15) is 0 Å². The van der Waals surface area contributed by atoms with Crippen LogP contribution in [0.1, 0.15) is 29.3 Å². The molecule has 4 nitrogen and oxygen atoms in total. The number of hydrogen-bond acceptors (Lipinski definition) is 3. The van der Waals surface area contributed by atoms with Crippen LogP contribution in [0.4, 0.5) is 5.69 Å². The molecular weight excluding hydrogens is 314 g/mol. The number of benzene rings is 2. The maximum absolute atomic E-state index is 12.4. The number of ether oxygens (including phenoxy) is 2. The van der Waals surface area contributed by atoms with Crippen LogP contribution >= 0.6 is 11.6 Å². The van der Waals surface area contributed by atoms with Crippen molar-refractivity contribution in [3.05, 3.63) is 52.5 Å². The number of nitrogens with one attached hydrogen (secondary N) is 1. The average Bonchev–Trinajstić information content (AvgIpc) is 2.55. The van der Waals surface area contributed by atoms with Crippen LogP contribution in [0.2, 0.25) is 5.02 Å². The highest BCUT2D eigenvalue weighted by Gasteiger charge is 2.16. The molecule has 0 bridgehead atoms. The molecule has 5 heteroatoms. The monoisotopic (exact) mass is 333 g/mol. The van der Waals surface area contributed by atoms with Crippen molar-refractivity contribution < 1.29 is 14.3 Å². The molecule has 0 unspecified atom stereocenters.